The lowest BCUT2D eigenvalue weighted by Crippen LogP contribution is -2.28. The summed E-state index contributed by atoms with van der Waals surface area (Å²) < 4.78 is 13.4. The summed E-state index contributed by atoms with van der Waals surface area (Å²) in [6.45, 7) is 4.25. The van der Waals surface area contributed by atoms with Gasteiger partial charge < -0.3 is 14.8 Å². The Hall–Kier alpha value is -2.61. The summed E-state index contributed by atoms with van der Waals surface area (Å²) >= 11 is 3.43. The van der Waals surface area contributed by atoms with Crippen LogP contribution in [0.5, 0.6) is 11.5 Å². The van der Waals surface area contributed by atoms with E-state index in [9.17, 15) is 4.79 Å². The van der Waals surface area contributed by atoms with Gasteiger partial charge in [-0.05, 0) is 54.0 Å². The lowest BCUT2D eigenvalue weighted by molar-refractivity contribution is 0.0937. The van der Waals surface area contributed by atoms with Gasteiger partial charge in [0.2, 0.25) is 0 Å². The maximum atomic E-state index is 12.7. The molecule has 0 saturated heterocycles. The number of hydrogen-bond acceptors (Lipinski definition) is 5. The number of ether oxygens (including phenoxy) is 2. The molecule has 0 spiro atoms. The van der Waals surface area contributed by atoms with E-state index in [4.69, 9.17) is 9.47 Å². The molecule has 0 saturated carbocycles. The van der Waals surface area contributed by atoms with Gasteiger partial charge in [-0.3, -0.25) is 9.20 Å². The number of halogens is 1. The quantitative estimate of drug-likeness (QED) is 0.663. The molecule has 0 radical (unpaired) electrons. The van der Waals surface area contributed by atoms with Gasteiger partial charge in [0.1, 0.15) is 0 Å². The molecule has 3 aromatic rings. The molecule has 2 aromatic heterocycles. The highest BCUT2D eigenvalue weighted by Crippen LogP contribution is 2.36. The van der Waals surface area contributed by atoms with Crippen LogP contribution < -0.4 is 14.8 Å². The van der Waals surface area contributed by atoms with Gasteiger partial charge in [0.05, 0.1) is 24.2 Å². The first-order valence-electron chi connectivity index (χ1n) is 8.16. The molecule has 3 rings (SSSR count). The van der Waals surface area contributed by atoms with Crippen molar-refractivity contribution in [3.8, 4) is 11.5 Å². The molecule has 8 heteroatoms. The smallest absolute Gasteiger partial charge is 0.252 e. The highest BCUT2D eigenvalue weighted by atomic mass is 79.9. The summed E-state index contributed by atoms with van der Waals surface area (Å²) in [6.07, 6.45) is 1.86. The molecule has 1 aromatic carbocycles. The molecule has 0 fully saturated rings. The lowest BCUT2D eigenvalue weighted by Gasteiger charge is -2.15. The Morgan fingerprint density at radius 1 is 1.35 bits per heavy atom. The summed E-state index contributed by atoms with van der Waals surface area (Å²) in [5, 5.41) is 11.2. The zero-order valence-corrected chi connectivity index (χ0v) is 16.3. The first kappa shape index (κ1) is 18.2. The Balaban J connectivity index is 1.84. The molecule has 1 N–H and O–H groups in total. The van der Waals surface area contributed by atoms with Gasteiger partial charge in [-0.1, -0.05) is 6.07 Å². The highest BCUT2D eigenvalue weighted by molar-refractivity contribution is 9.10. The van der Waals surface area contributed by atoms with E-state index in [0.717, 1.165) is 5.65 Å². The van der Waals surface area contributed by atoms with Gasteiger partial charge in [0.25, 0.3) is 5.91 Å². The van der Waals surface area contributed by atoms with Crippen molar-refractivity contribution < 1.29 is 14.3 Å². The fourth-order valence-electron chi connectivity index (χ4n) is 2.64. The van der Waals surface area contributed by atoms with Gasteiger partial charge >= 0.3 is 0 Å². The number of amides is 1. The van der Waals surface area contributed by atoms with Crippen LogP contribution in [0.25, 0.3) is 5.65 Å². The average molecular weight is 419 g/mol. The standard InChI is InChI=1S/C18H19BrN4O3/c1-4-26-16-13(19)9-12(10-14(16)25-3)18(24)20-11(2)17-22-21-15-7-5-6-8-23(15)17/h5-11H,4H2,1-3H3,(H,20,24). The second-order valence-electron chi connectivity index (χ2n) is 5.60. The number of fused-ring (bicyclic) bond motifs is 1. The highest BCUT2D eigenvalue weighted by Gasteiger charge is 2.19. The minimum absolute atomic E-state index is 0.243. The van der Waals surface area contributed by atoms with E-state index < -0.39 is 0 Å². The topological polar surface area (TPSA) is 77.8 Å². The zero-order chi connectivity index (χ0) is 18.7. The summed E-state index contributed by atoms with van der Waals surface area (Å²) in [6, 6.07) is 8.68. The SMILES string of the molecule is CCOc1c(Br)cc(C(=O)NC(C)c2nnc3ccccn23)cc1OC. The molecule has 1 amide bonds. The second-order valence-corrected chi connectivity index (χ2v) is 6.46. The van der Waals surface area contributed by atoms with E-state index in [-0.39, 0.29) is 11.9 Å². The van der Waals surface area contributed by atoms with Crippen molar-refractivity contribution in [2.24, 2.45) is 0 Å². The molecule has 0 aliphatic rings. The maximum absolute atomic E-state index is 12.7. The van der Waals surface area contributed by atoms with E-state index in [1.807, 2.05) is 42.6 Å². The molecular weight excluding hydrogens is 400 g/mol. The van der Waals surface area contributed by atoms with Crippen molar-refractivity contribution >= 4 is 27.5 Å². The van der Waals surface area contributed by atoms with Crippen LogP contribution in [0.15, 0.2) is 41.0 Å². The molecule has 1 unspecified atom stereocenters. The van der Waals surface area contributed by atoms with Crippen LogP contribution in [0.3, 0.4) is 0 Å². The summed E-state index contributed by atoms with van der Waals surface area (Å²) in [4.78, 5) is 12.7. The molecule has 0 aliphatic heterocycles. The fraction of sp³-hybridized carbons (Fsp3) is 0.278. The van der Waals surface area contributed by atoms with Gasteiger partial charge in [0, 0.05) is 11.8 Å². The Labute approximate surface area is 159 Å². The Bertz CT molecular complexity index is 941. The zero-order valence-electron chi connectivity index (χ0n) is 14.7. The van der Waals surface area contributed by atoms with Crippen molar-refractivity contribution in [1.82, 2.24) is 19.9 Å². The molecule has 1 atom stereocenters. The molecule has 7 nitrogen and oxygen atoms in total. The maximum Gasteiger partial charge on any atom is 0.252 e. The first-order chi connectivity index (χ1) is 12.5. The van der Waals surface area contributed by atoms with Crippen molar-refractivity contribution in [3.63, 3.8) is 0 Å². The van der Waals surface area contributed by atoms with Gasteiger partial charge in [0.15, 0.2) is 23.0 Å². The predicted molar refractivity (Wildman–Crippen MR) is 101 cm³/mol. The van der Waals surface area contributed by atoms with Crippen molar-refractivity contribution in [1.29, 1.82) is 0 Å². The van der Waals surface area contributed by atoms with Crippen LogP contribution in [0, 0.1) is 0 Å². The van der Waals surface area contributed by atoms with Crippen LogP contribution in [-0.2, 0) is 0 Å². The summed E-state index contributed by atoms with van der Waals surface area (Å²) in [5.41, 5.74) is 1.19. The number of benzene rings is 1. The van der Waals surface area contributed by atoms with Gasteiger partial charge in [-0.2, -0.15) is 0 Å². The minimum atomic E-state index is -0.323. The van der Waals surface area contributed by atoms with Crippen molar-refractivity contribution in [2.45, 2.75) is 19.9 Å². The van der Waals surface area contributed by atoms with Crippen LogP contribution in [0.4, 0.5) is 0 Å². The lowest BCUT2D eigenvalue weighted by atomic mass is 10.1. The number of aromatic nitrogens is 3. The number of carbonyl (C=O) groups excluding carboxylic acids is 1. The normalized spacial score (nSPS) is 12.0. The number of carbonyl (C=O) groups is 1. The third-order valence-electron chi connectivity index (χ3n) is 3.86. The van der Waals surface area contributed by atoms with Gasteiger partial charge in [-0.15, -0.1) is 10.2 Å². The predicted octanol–water partition coefficient (Wildman–Crippen LogP) is 3.39. The Morgan fingerprint density at radius 2 is 2.15 bits per heavy atom. The molecule has 2 heterocycles. The Kier molecular flexibility index (Phi) is 5.41. The summed E-state index contributed by atoms with van der Waals surface area (Å²) in [5.74, 6) is 1.48. The number of rotatable bonds is 6. The number of methoxy groups -OCH3 is 1. The Morgan fingerprint density at radius 3 is 2.88 bits per heavy atom. The molecule has 0 aliphatic carbocycles. The largest absolute Gasteiger partial charge is 0.493 e. The number of pyridine rings is 1. The van der Waals surface area contributed by atoms with Crippen LogP contribution in [0.1, 0.15) is 36.1 Å². The second kappa shape index (κ2) is 7.74. The average Bonchev–Trinajstić information content (AvgIpc) is 3.07. The molecule has 136 valence electrons. The molecule has 26 heavy (non-hydrogen) atoms. The fourth-order valence-corrected chi connectivity index (χ4v) is 3.19. The van der Waals surface area contributed by atoms with Crippen molar-refractivity contribution in [3.05, 3.63) is 52.4 Å². The van der Waals surface area contributed by atoms with E-state index in [2.05, 4.69) is 31.4 Å². The van der Waals surface area contributed by atoms with Gasteiger partial charge in [-0.25, -0.2) is 0 Å². The van der Waals surface area contributed by atoms with Crippen LogP contribution in [-0.4, -0.2) is 34.2 Å². The molecule has 0 bridgehead atoms. The minimum Gasteiger partial charge on any atom is -0.493 e. The van der Waals surface area contributed by atoms with E-state index in [0.29, 0.717) is 34.0 Å². The van der Waals surface area contributed by atoms with E-state index in [1.54, 1.807) is 12.1 Å². The first-order valence-corrected chi connectivity index (χ1v) is 8.95. The number of hydrogen-bond donors (Lipinski definition) is 1. The van der Waals surface area contributed by atoms with E-state index >= 15 is 0 Å². The van der Waals surface area contributed by atoms with Crippen molar-refractivity contribution in [2.75, 3.05) is 13.7 Å². The third kappa shape index (κ3) is 3.50. The molecular formula is C18H19BrN4O3. The monoisotopic (exact) mass is 418 g/mol. The van der Waals surface area contributed by atoms with Crippen LogP contribution in [0.2, 0.25) is 0 Å². The number of nitrogens with zero attached hydrogens (tertiary/aromatic N) is 3. The van der Waals surface area contributed by atoms with E-state index in [1.165, 1.54) is 7.11 Å². The number of nitrogens with one attached hydrogen (secondary N) is 1. The van der Waals surface area contributed by atoms with Crippen LogP contribution >= 0.6 is 15.9 Å². The third-order valence-corrected chi connectivity index (χ3v) is 4.44. The summed E-state index contributed by atoms with van der Waals surface area (Å²) in [7, 11) is 1.54.